The third-order valence-corrected chi connectivity index (χ3v) is 5.33. The number of benzene rings is 2. The summed E-state index contributed by atoms with van der Waals surface area (Å²) in [4.78, 5) is 11.9. The maximum Gasteiger partial charge on any atom is 0.308 e. The van der Waals surface area contributed by atoms with Gasteiger partial charge in [-0.3, -0.25) is 4.79 Å². The second-order valence-electron chi connectivity index (χ2n) is 9.31. The van der Waals surface area contributed by atoms with Gasteiger partial charge in [0, 0.05) is 34.2 Å². The minimum atomic E-state index is -0.307. The normalized spacial score (nSPS) is 12.5. The van der Waals surface area contributed by atoms with Crippen LogP contribution in [0.3, 0.4) is 0 Å². The van der Waals surface area contributed by atoms with Crippen molar-refractivity contribution in [3.05, 3.63) is 47.0 Å². The first-order valence-corrected chi connectivity index (χ1v) is 11.1. The Balaban J connectivity index is 2.80. The number of carbonyl (C=O) groups is 1. The molecule has 0 amide bonds. The van der Waals surface area contributed by atoms with E-state index in [-0.39, 0.29) is 11.4 Å². The second-order valence-corrected chi connectivity index (χ2v) is 9.31. The maximum atomic E-state index is 11.9. The summed E-state index contributed by atoms with van der Waals surface area (Å²) in [5.41, 5.74) is 3.14. The number of fused-ring (bicyclic) bond motifs is 1. The zero-order valence-electron chi connectivity index (χ0n) is 20.0. The van der Waals surface area contributed by atoms with Crippen LogP contribution in [0, 0.1) is 12.8 Å². The number of ether oxygens (including phenoxy) is 2. The zero-order valence-corrected chi connectivity index (χ0v) is 20.0. The highest BCUT2D eigenvalue weighted by Gasteiger charge is 2.30. The summed E-state index contributed by atoms with van der Waals surface area (Å²) in [6.45, 7) is 17.5. The van der Waals surface area contributed by atoms with Crippen molar-refractivity contribution in [2.75, 3.05) is 6.61 Å². The molecular weight excluding hydrogens is 372 g/mol. The van der Waals surface area contributed by atoms with Crippen molar-refractivity contribution < 1.29 is 14.3 Å². The predicted molar refractivity (Wildman–Crippen MR) is 127 cm³/mol. The molecule has 0 N–H and O–H groups in total. The van der Waals surface area contributed by atoms with Crippen LogP contribution in [0.5, 0.6) is 11.5 Å². The summed E-state index contributed by atoms with van der Waals surface area (Å²) in [5, 5.41) is 1.91. The van der Waals surface area contributed by atoms with Gasteiger partial charge in [-0.1, -0.05) is 77.0 Å². The van der Waals surface area contributed by atoms with Crippen molar-refractivity contribution in [1.82, 2.24) is 0 Å². The average molecular weight is 411 g/mol. The molecule has 0 aliphatic rings. The smallest absolute Gasteiger partial charge is 0.308 e. The highest BCUT2D eigenvalue weighted by Crippen LogP contribution is 2.46. The molecule has 0 saturated carbocycles. The van der Waals surface area contributed by atoms with E-state index in [2.05, 4.69) is 53.7 Å². The van der Waals surface area contributed by atoms with Crippen LogP contribution in [-0.4, -0.2) is 12.6 Å². The topological polar surface area (TPSA) is 35.5 Å². The lowest BCUT2D eigenvalue weighted by Crippen LogP contribution is -2.20. The summed E-state index contributed by atoms with van der Waals surface area (Å²) >= 11 is 0. The first kappa shape index (κ1) is 24.0. The molecule has 2 aromatic rings. The molecule has 0 bridgehead atoms. The van der Waals surface area contributed by atoms with E-state index in [0.717, 1.165) is 46.9 Å². The van der Waals surface area contributed by atoms with Crippen molar-refractivity contribution in [1.29, 1.82) is 0 Å². The fourth-order valence-corrected chi connectivity index (χ4v) is 4.41. The Hall–Kier alpha value is -2.29. The van der Waals surface area contributed by atoms with Crippen molar-refractivity contribution >= 4 is 16.7 Å². The molecule has 30 heavy (non-hydrogen) atoms. The van der Waals surface area contributed by atoms with Crippen LogP contribution in [0.15, 0.2) is 35.9 Å². The van der Waals surface area contributed by atoms with Gasteiger partial charge >= 0.3 is 5.97 Å². The van der Waals surface area contributed by atoms with Crippen LogP contribution >= 0.6 is 0 Å². The van der Waals surface area contributed by atoms with Crippen LogP contribution in [0.1, 0.15) is 78.9 Å². The van der Waals surface area contributed by atoms with Gasteiger partial charge in [0.2, 0.25) is 0 Å². The summed E-state index contributed by atoms with van der Waals surface area (Å²) in [6, 6.07) is 8.05. The predicted octanol–water partition coefficient (Wildman–Crippen LogP) is 7.52. The van der Waals surface area contributed by atoms with Crippen molar-refractivity contribution in [2.45, 2.75) is 80.1 Å². The fraction of sp³-hybridized carbons (Fsp3) is 0.519. The molecule has 0 fully saturated rings. The van der Waals surface area contributed by atoms with Crippen LogP contribution in [0.25, 0.3) is 10.8 Å². The molecule has 3 heteroatoms. The van der Waals surface area contributed by atoms with E-state index in [1.807, 2.05) is 25.1 Å². The van der Waals surface area contributed by atoms with E-state index >= 15 is 0 Å². The molecule has 0 aliphatic heterocycles. The molecule has 0 aliphatic carbocycles. The zero-order chi connectivity index (χ0) is 22.5. The Kier molecular flexibility index (Phi) is 8.11. The van der Waals surface area contributed by atoms with Crippen LogP contribution in [0.4, 0.5) is 0 Å². The monoisotopic (exact) mass is 410 g/mol. The standard InChI is InChI=1S/C27H38O3/c1-9-10-15-29-26-23-14-12-11-13-22(23)25(30-21(6)28)20(5)24(26)27(7,8)17-19(4)16-18(2)3/h11-14,17-18H,9-10,15-16H2,1-8H3/b19-17+. The Morgan fingerprint density at radius 1 is 1.10 bits per heavy atom. The lowest BCUT2D eigenvalue weighted by atomic mass is 9.77. The minimum absolute atomic E-state index is 0.274. The third kappa shape index (κ3) is 5.65. The SMILES string of the molecule is CCCCOc1c(C(C)(C)/C=C(\C)CC(C)C)c(C)c(OC(C)=O)c2ccccc12. The molecule has 2 rings (SSSR count). The first-order chi connectivity index (χ1) is 14.1. The van der Waals surface area contributed by atoms with Gasteiger partial charge < -0.3 is 9.47 Å². The third-order valence-electron chi connectivity index (χ3n) is 5.33. The number of hydrogen-bond acceptors (Lipinski definition) is 3. The minimum Gasteiger partial charge on any atom is -0.493 e. The molecule has 0 unspecified atom stereocenters. The Morgan fingerprint density at radius 3 is 2.23 bits per heavy atom. The molecule has 0 atom stereocenters. The van der Waals surface area contributed by atoms with E-state index in [1.165, 1.54) is 12.5 Å². The molecule has 0 spiro atoms. The molecule has 0 saturated heterocycles. The van der Waals surface area contributed by atoms with Gasteiger partial charge in [0.05, 0.1) is 6.61 Å². The van der Waals surface area contributed by atoms with Crippen LogP contribution in [0.2, 0.25) is 0 Å². The van der Waals surface area contributed by atoms with Crippen molar-refractivity contribution in [2.24, 2.45) is 5.92 Å². The molecule has 0 heterocycles. The Labute approximate surface area is 182 Å². The Bertz CT molecular complexity index is 919. The van der Waals surface area contributed by atoms with Gasteiger partial charge in [-0.05, 0) is 32.6 Å². The molecule has 0 aromatic heterocycles. The summed E-state index contributed by atoms with van der Waals surface area (Å²) in [6.07, 6.45) is 5.48. The van der Waals surface area contributed by atoms with Gasteiger partial charge in [0.15, 0.2) is 0 Å². The number of unbranched alkanes of at least 4 members (excludes halogenated alkanes) is 1. The number of carbonyl (C=O) groups excluding carboxylic acids is 1. The van der Waals surface area contributed by atoms with Gasteiger partial charge in [-0.25, -0.2) is 0 Å². The van der Waals surface area contributed by atoms with Crippen molar-refractivity contribution in [3.8, 4) is 11.5 Å². The highest BCUT2D eigenvalue weighted by atomic mass is 16.5. The molecule has 3 nitrogen and oxygen atoms in total. The molecule has 164 valence electrons. The van der Waals surface area contributed by atoms with Crippen LogP contribution < -0.4 is 9.47 Å². The van der Waals surface area contributed by atoms with Gasteiger partial charge in [0.1, 0.15) is 11.5 Å². The molecule has 2 aromatic carbocycles. The highest BCUT2D eigenvalue weighted by molar-refractivity contribution is 5.97. The summed E-state index contributed by atoms with van der Waals surface area (Å²) in [7, 11) is 0. The first-order valence-electron chi connectivity index (χ1n) is 11.1. The van der Waals surface area contributed by atoms with E-state index in [1.54, 1.807) is 0 Å². The maximum absolute atomic E-state index is 11.9. The molecular formula is C27H38O3. The van der Waals surface area contributed by atoms with E-state index in [4.69, 9.17) is 9.47 Å². The summed E-state index contributed by atoms with van der Waals surface area (Å²) in [5.74, 6) is 1.84. The van der Waals surface area contributed by atoms with E-state index in [0.29, 0.717) is 18.3 Å². The number of rotatable bonds is 9. The van der Waals surface area contributed by atoms with Gasteiger partial charge in [-0.15, -0.1) is 0 Å². The van der Waals surface area contributed by atoms with E-state index in [9.17, 15) is 4.79 Å². The lowest BCUT2D eigenvalue weighted by molar-refractivity contribution is -0.131. The van der Waals surface area contributed by atoms with Crippen molar-refractivity contribution in [3.63, 3.8) is 0 Å². The second kappa shape index (κ2) is 10.1. The van der Waals surface area contributed by atoms with Crippen LogP contribution in [-0.2, 0) is 10.2 Å². The lowest BCUT2D eigenvalue weighted by Gasteiger charge is -2.30. The Morgan fingerprint density at radius 2 is 1.70 bits per heavy atom. The number of esters is 1. The largest absolute Gasteiger partial charge is 0.493 e. The fourth-order valence-electron chi connectivity index (χ4n) is 4.41. The molecule has 0 radical (unpaired) electrons. The number of hydrogen-bond donors (Lipinski definition) is 0. The summed E-state index contributed by atoms with van der Waals surface area (Å²) < 4.78 is 12.1. The quantitative estimate of drug-likeness (QED) is 0.185. The van der Waals surface area contributed by atoms with E-state index < -0.39 is 0 Å². The average Bonchev–Trinajstić information content (AvgIpc) is 2.63. The van der Waals surface area contributed by atoms with Gasteiger partial charge in [-0.2, -0.15) is 0 Å². The number of allylic oxidation sites excluding steroid dienone is 2. The van der Waals surface area contributed by atoms with Gasteiger partial charge in [0.25, 0.3) is 0 Å².